The van der Waals surface area contributed by atoms with E-state index < -0.39 is 29.5 Å². The highest BCUT2D eigenvalue weighted by molar-refractivity contribution is 6.31. The number of carbonyl (C=O) groups is 2. The van der Waals surface area contributed by atoms with Gasteiger partial charge in [-0.3, -0.25) is 4.79 Å². The fourth-order valence-electron chi connectivity index (χ4n) is 2.25. The molecule has 1 atom stereocenters. The van der Waals surface area contributed by atoms with Gasteiger partial charge in [0.05, 0.1) is 6.61 Å². The predicted octanol–water partition coefficient (Wildman–Crippen LogP) is 4.14. The number of carbonyl (C=O) groups excluding carboxylic acids is 2. The van der Waals surface area contributed by atoms with E-state index in [9.17, 15) is 27.2 Å². The van der Waals surface area contributed by atoms with Crippen molar-refractivity contribution in [2.75, 3.05) is 11.9 Å². The van der Waals surface area contributed by atoms with Crippen LogP contribution in [0.4, 0.5) is 23.2 Å². The van der Waals surface area contributed by atoms with Crippen molar-refractivity contribution < 1.29 is 31.9 Å². The number of esters is 1. The van der Waals surface area contributed by atoms with E-state index >= 15 is 0 Å². The van der Waals surface area contributed by atoms with Crippen molar-refractivity contribution in [1.29, 1.82) is 0 Å². The van der Waals surface area contributed by atoms with Gasteiger partial charge in [-0.1, -0.05) is 17.7 Å². The molecule has 28 heavy (non-hydrogen) atoms. The zero-order valence-corrected chi connectivity index (χ0v) is 15.2. The molecule has 0 aliphatic heterocycles. The third-order valence-electron chi connectivity index (χ3n) is 3.57. The van der Waals surface area contributed by atoms with Gasteiger partial charge in [0.25, 0.3) is 5.91 Å². The van der Waals surface area contributed by atoms with Crippen LogP contribution in [-0.2, 0) is 9.53 Å². The monoisotopic (exact) mass is 418 g/mol. The first-order valence-corrected chi connectivity index (χ1v) is 8.32. The topological polar surface area (TPSA) is 67.4 Å². The fraction of sp³-hybridized carbons (Fsp3) is 0.222. The molecule has 1 unspecified atom stereocenters. The summed E-state index contributed by atoms with van der Waals surface area (Å²) >= 11 is 5.76. The Kier molecular flexibility index (Phi) is 6.50. The lowest BCUT2D eigenvalue weighted by atomic mass is 10.1. The molecule has 0 heterocycles. The van der Waals surface area contributed by atoms with E-state index in [-0.39, 0.29) is 22.9 Å². The van der Waals surface area contributed by atoms with E-state index in [2.05, 4.69) is 4.74 Å². The molecule has 0 aliphatic rings. The normalized spacial score (nSPS) is 13.4. The second-order valence-electron chi connectivity index (χ2n) is 5.56. The van der Waals surface area contributed by atoms with Gasteiger partial charge in [0, 0.05) is 16.3 Å². The summed E-state index contributed by atoms with van der Waals surface area (Å²) in [6.07, 6.45) is -5.30. The molecule has 2 rings (SSSR count). The number of rotatable bonds is 6. The van der Waals surface area contributed by atoms with Crippen LogP contribution in [0, 0.1) is 5.82 Å². The lowest BCUT2D eigenvalue weighted by Gasteiger charge is -2.35. The molecule has 0 radical (unpaired) electrons. The van der Waals surface area contributed by atoms with E-state index in [1.807, 2.05) is 5.32 Å². The van der Waals surface area contributed by atoms with Gasteiger partial charge >= 0.3 is 17.8 Å². The van der Waals surface area contributed by atoms with E-state index in [0.717, 1.165) is 30.3 Å². The second-order valence-corrected chi connectivity index (χ2v) is 6.00. The van der Waals surface area contributed by atoms with Crippen molar-refractivity contribution in [3.05, 3.63) is 64.9 Å². The minimum Gasteiger partial charge on any atom is -0.463 e. The molecule has 2 aromatic rings. The molecule has 2 aromatic carbocycles. The third kappa shape index (κ3) is 4.72. The van der Waals surface area contributed by atoms with Gasteiger partial charge in [0.15, 0.2) is 0 Å². The Labute approximate surface area is 162 Å². The van der Waals surface area contributed by atoms with Crippen LogP contribution in [0.1, 0.15) is 17.3 Å². The highest BCUT2D eigenvalue weighted by Gasteiger charge is 2.63. The average molecular weight is 419 g/mol. The molecule has 0 aromatic heterocycles. The second kappa shape index (κ2) is 8.47. The van der Waals surface area contributed by atoms with Crippen molar-refractivity contribution in [2.24, 2.45) is 0 Å². The number of hydrogen-bond acceptors (Lipinski definition) is 4. The standard InChI is InChI=1S/C18H15ClF4N2O3/c1-2-28-16(27)17(18(21,22)23,24-14-8-6-13(20)7-9-14)25-15(26)11-4-3-5-12(19)10-11/h3-10,24H,2H2,1H3,(H,25,26). The molecule has 0 saturated heterocycles. The summed E-state index contributed by atoms with van der Waals surface area (Å²) in [4.78, 5) is 24.7. The number of halogens is 5. The minimum absolute atomic E-state index is 0.118. The Morgan fingerprint density at radius 1 is 1.11 bits per heavy atom. The zero-order chi connectivity index (χ0) is 20.9. The zero-order valence-electron chi connectivity index (χ0n) is 14.4. The molecule has 150 valence electrons. The molecule has 0 spiro atoms. The highest BCUT2D eigenvalue weighted by atomic mass is 35.5. The first kappa shape index (κ1) is 21.5. The van der Waals surface area contributed by atoms with Crippen LogP contribution in [0.15, 0.2) is 48.5 Å². The summed E-state index contributed by atoms with van der Waals surface area (Å²) in [5, 5.41) is 3.71. The summed E-state index contributed by atoms with van der Waals surface area (Å²) in [7, 11) is 0. The average Bonchev–Trinajstić information content (AvgIpc) is 2.62. The first-order chi connectivity index (χ1) is 13.1. The van der Waals surface area contributed by atoms with Crippen LogP contribution in [-0.4, -0.2) is 30.3 Å². The molecule has 0 saturated carbocycles. The molecule has 10 heteroatoms. The Hall–Kier alpha value is -2.81. The van der Waals surface area contributed by atoms with Gasteiger partial charge in [-0.15, -0.1) is 0 Å². The predicted molar refractivity (Wildman–Crippen MR) is 94.4 cm³/mol. The van der Waals surface area contributed by atoms with Crippen molar-refractivity contribution in [3.8, 4) is 0 Å². The number of amides is 1. The molecule has 0 bridgehead atoms. The summed E-state index contributed by atoms with van der Waals surface area (Å²) in [5.74, 6) is -3.69. The maximum absolute atomic E-state index is 14.0. The minimum atomic E-state index is -5.30. The Morgan fingerprint density at radius 3 is 2.29 bits per heavy atom. The molecule has 0 fully saturated rings. The number of nitrogens with one attached hydrogen (secondary N) is 2. The molecule has 2 N–H and O–H groups in total. The highest BCUT2D eigenvalue weighted by Crippen LogP contribution is 2.33. The van der Waals surface area contributed by atoms with Gasteiger partial charge in [-0.2, -0.15) is 13.2 Å². The summed E-state index contributed by atoms with van der Waals surface area (Å²) in [6, 6.07) is 8.93. The van der Waals surface area contributed by atoms with Gasteiger partial charge in [-0.05, 0) is 49.4 Å². The van der Waals surface area contributed by atoms with Crippen LogP contribution in [0.3, 0.4) is 0 Å². The smallest absolute Gasteiger partial charge is 0.441 e. The quantitative estimate of drug-likeness (QED) is 0.420. The van der Waals surface area contributed by atoms with Gasteiger partial charge < -0.3 is 15.4 Å². The van der Waals surface area contributed by atoms with Gasteiger partial charge in [-0.25, -0.2) is 9.18 Å². The number of ether oxygens (including phenoxy) is 1. The molecular formula is C18H15ClF4N2O3. The van der Waals surface area contributed by atoms with Crippen molar-refractivity contribution in [1.82, 2.24) is 5.32 Å². The maximum Gasteiger partial charge on any atom is 0.441 e. The van der Waals surface area contributed by atoms with Crippen molar-refractivity contribution >= 4 is 29.2 Å². The Balaban J connectivity index is 2.50. The third-order valence-corrected chi connectivity index (χ3v) is 3.81. The van der Waals surface area contributed by atoms with Crippen LogP contribution < -0.4 is 10.6 Å². The van der Waals surface area contributed by atoms with Crippen LogP contribution in [0.5, 0.6) is 0 Å². The Bertz CT molecular complexity index is 859. The van der Waals surface area contributed by atoms with Crippen LogP contribution in [0.2, 0.25) is 5.02 Å². The maximum atomic E-state index is 14.0. The van der Waals surface area contributed by atoms with E-state index in [1.54, 1.807) is 5.32 Å². The molecule has 5 nitrogen and oxygen atoms in total. The fourth-order valence-corrected chi connectivity index (χ4v) is 2.44. The Morgan fingerprint density at radius 2 is 1.75 bits per heavy atom. The van der Waals surface area contributed by atoms with E-state index in [1.165, 1.54) is 25.1 Å². The largest absolute Gasteiger partial charge is 0.463 e. The number of anilines is 1. The summed E-state index contributed by atoms with van der Waals surface area (Å²) < 4.78 is 59.6. The molecule has 1 amide bonds. The SMILES string of the molecule is CCOC(=O)C(NC(=O)c1cccc(Cl)c1)(Nc1ccc(F)cc1)C(F)(F)F. The van der Waals surface area contributed by atoms with Gasteiger partial charge in [0.2, 0.25) is 0 Å². The number of benzene rings is 2. The summed E-state index contributed by atoms with van der Waals surface area (Å²) in [5.41, 5.74) is -4.08. The van der Waals surface area contributed by atoms with Crippen molar-refractivity contribution in [2.45, 2.75) is 18.8 Å². The van der Waals surface area contributed by atoms with Crippen LogP contribution >= 0.6 is 11.6 Å². The molecular weight excluding hydrogens is 404 g/mol. The van der Waals surface area contributed by atoms with E-state index in [0.29, 0.717) is 0 Å². The van der Waals surface area contributed by atoms with Crippen LogP contribution in [0.25, 0.3) is 0 Å². The van der Waals surface area contributed by atoms with Gasteiger partial charge in [0.1, 0.15) is 5.82 Å². The number of hydrogen-bond donors (Lipinski definition) is 2. The first-order valence-electron chi connectivity index (χ1n) is 7.95. The summed E-state index contributed by atoms with van der Waals surface area (Å²) in [6.45, 7) is 0.949. The number of alkyl halides is 3. The lowest BCUT2D eigenvalue weighted by Crippen LogP contribution is -2.69. The molecule has 0 aliphatic carbocycles. The van der Waals surface area contributed by atoms with Crippen molar-refractivity contribution in [3.63, 3.8) is 0 Å². The van der Waals surface area contributed by atoms with E-state index in [4.69, 9.17) is 11.6 Å². The lowest BCUT2D eigenvalue weighted by molar-refractivity contribution is -0.204.